The molecular formula is C17H22N4O. The predicted octanol–water partition coefficient (Wildman–Crippen LogP) is 3.26. The molecule has 0 fully saturated rings. The van der Waals surface area contributed by atoms with E-state index in [4.69, 9.17) is 0 Å². The number of nitrogens with one attached hydrogen (secondary N) is 2. The molecular weight excluding hydrogens is 276 g/mol. The summed E-state index contributed by atoms with van der Waals surface area (Å²) in [5.74, 6) is 1.10. The van der Waals surface area contributed by atoms with Crippen LogP contribution < -0.4 is 10.6 Å². The smallest absolute Gasteiger partial charge is 0.225 e. The van der Waals surface area contributed by atoms with Gasteiger partial charge in [-0.05, 0) is 44.9 Å². The van der Waals surface area contributed by atoms with Gasteiger partial charge in [-0.2, -0.15) is 0 Å². The summed E-state index contributed by atoms with van der Waals surface area (Å²) in [5.41, 5.74) is 1.07. The minimum atomic E-state index is -0.0743. The average Bonchev–Trinajstić information content (AvgIpc) is 2.47. The lowest BCUT2D eigenvalue weighted by Crippen LogP contribution is -2.26. The van der Waals surface area contributed by atoms with E-state index in [0.717, 1.165) is 5.56 Å². The summed E-state index contributed by atoms with van der Waals surface area (Å²) in [4.78, 5) is 11.9. The lowest BCUT2D eigenvalue weighted by molar-refractivity contribution is -0.116. The molecule has 0 aliphatic rings. The van der Waals surface area contributed by atoms with Gasteiger partial charge in [-0.3, -0.25) is 4.79 Å². The number of carbonyl (C=O) groups is 1. The molecule has 1 amide bonds. The second-order valence-corrected chi connectivity index (χ2v) is 6.21. The summed E-state index contributed by atoms with van der Waals surface area (Å²) in [6.45, 7) is 6.15. The highest BCUT2D eigenvalue weighted by molar-refractivity contribution is 5.89. The summed E-state index contributed by atoms with van der Waals surface area (Å²) in [7, 11) is 0. The van der Waals surface area contributed by atoms with Crippen molar-refractivity contribution in [3.8, 4) is 0 Å². The van der Waals surface area contributed by atoms with Gasteiger partial charge in [0.25, 0.3) is 0 Å². The third-order valence-electron chi connectivity index (χ3n) is 2.92. The quantitative estimate of drug-likeness (QED) is 0.889. The van der Waals surface area contributed by atoms with E-state index in [1.54, 1.807) is 6.07 Å². The maximum absolute atomic E-state index is 11.9. The molecule has 1 heterocycles. The van der Waals surface area contributed by atoms with Crippen molar-refractivity contribution in [1.29, 1.82) is 0 Å². The molecule has 5 heteroatoms. The maximum Gasteiger partial charge on any atom is 0.225 e. The van der Waals surface area contributed by atoms with Crippen molar-refractivity contribution >= 4 is 17.5 Å². The van der Waals surface area contributed by atoms with Crippen molar-refractivity contribution in [2.24, 2.45) is 0 Å². The van der Waals surface area contributed by atoms with Gasteiger partial charge in [0, 0.05) is 12.0 Å². The summed E-state index contributed by atoms with van der Waals surface area (Å²) in [6, 6.07) is 13.5. The second kappa shape index (κ2) is 7.02. The molecule has 0 spiro atoms. The molecule has 0 aliphatic carbocycles. The highest BCUT2D eigenvalue weighted by Gasteiger charge is 2.10. The van der Waals surface area contributed by atoms with Crippen molar-refractivity contribution < 1.29 is 4.79 Å². The van der Waals surface area contributed by atoms with Crippen molar-refractivity contribution in [2.75, 3.05) is 10.6 Å². The molecule has 2 N–H and O–H groups in total. The molecule has 22 heavy (non-hydrogen) atoms. The van der Waals surface area contributed by atoms with E-state index in [1.165, 1.54) is 0 Å². The van der Waals surface area contributed by atoms with Gasteiger partial charge >= 0.3 is 0 Å². The van der Waals surface area contributed by atoms with E-state index in [2.05, 4.69) is 20.8 Å². The highest BCUT2D eigenvalue weighted by Crippen LogP contribution is 2.12. The average molecular weight is 298 g/mol. The normalized spacial score (nSPS) is 11.0. The van der Waals surface area contributed by atoms with Gasteiger partial charge in [0.05, 0.1) is 0 Å². The molecule has 2 rings (SSSR count). The topological polar surface area (TPSA) is 66.9 Å². The van der Waals surface area contributed by atoms with Crippen LogP contribution >= 0.6 is 0 Å². The van der Waals surface area contributed by atoms with Crippen molar-refractivity contribution in [1.82, 2.24) is 10.2 Å². The zero-order valence-electron chi connectivity index (χ0n) is 13.3. The molecule has 116 valence electrons. The zero-order valence-corrected chi connectivity index (χ0v) is 13.3. The minimum absolute atomic E-state index is 0.0605. The Morgan fingerprint density at radius 2 is 1.64 bits per heavy atom. The molecule has 0 atom stereocenters. The first-order chi connectivity index (χ1) is 10.4. The standard InChI is InChI=1S/C17H22N4O/c1-17(2,3)19-15-11-10-14(20-21-15)18-16(22)12-9-13-7-5-4-6-8-13/h4-8,10-11H,9,12H2,1-3H3,(H,19,21)(H,18,20,22). The van der Waals surface area contributed by atoms with E-state index in [0.29, 0.717) is 24.5 Å². The number of benzene rings is 1. The summed E-state index contributed by atoms with van der Waals surface area (Å²) >= 11 is 0. The number of carbonyl (C=O) groups excluding carboxylic acids is 1. The van der Waals surface area contributed by atoms with Gasteiger partial charge < -0.3 is 10.6 Å². The van der Waals surface area contributed by atoms with Crippen LogP contribution in [0.4, 0.5) is 11.6 Å². The van der Waals surface area contributed by atoms with Crippen LogP contribution in [-0.4, -0.2) is 21.6 Å². The lowest BCUT2D eigenvalue weighted by atomic mass is 10.1. The molecule has 0 radical (unpaired) electrons. The molecule has 1 aromatic carbocycles. The fourth-order valence-electron chi connectivity index (χ4n) is 1.96. The molecule has 2 aromatic rings. The third kappa shape index (κ3) is 5.52. The predicted molar refractivity (Wildman–Crippen MR) is 88.8 cm³/mol. The Bertz CT molecular complexity index is 603. The Morgan fingerprint density at radius 1 is 1.00 bits per heavy atom. The van der Waals surface area contributed by atoms with Crippen molar-refractivity contribution in [3.05, 3.63) is 48.0 Å². The van der Waals surface area contributed by atoms with Crippen LogP contribution in [0, 0.1) is 0 Å². The lowest BCUT2D eigenvalue weighted by Gasteiger charge is -2.20. The first kappa shape index (κ1) is 15.9. The van der Waals surface area contributed by atoms with Crippen LogP contribution in [0.25, 0.3) is 0 Å². The Balaban J connectivity index is 1.84. The van der Waals surface area contributed by atoms with Gasteiger partial charge in [-0.1, -0.05) is 30.3 Å². The highest BCUT2D eigenvalue weighted by atomic mass is 16.1. The number of hydrogen-bond acceptors (Lipinski definition) is 4. The van der Waals surface area contributed by atoms with E-state index in [-0.39, 0.29) is 11.4 Å². The molecule has 1 aromatic heterocycles. The van der Waals surface area contributed by atoms with Gasteiger partial charge in [-0.15, -0.1) is 10.2 Å². The Labute approximate surface area is 131 Å². The zero-order chi connectivity index (χ0) is 16.0. The summed E-state index contributed by atoms with van der Waals surface area (Å²) < 4.78 is 0. The molecule has 0 unspecified atom stereocenters. The summed E-state index contributed by atoms with van der Waals surface area (Å²) in [6.07, 6.45) is 1.14. The van der Waals surface area contributed by atoms with Crippen LogP contribution in [0.15, 0.2) is 42.5 Å². The Kier molecular flexibility index (Phi) is 5.09. The number of amides is 1. The number of nitrogens with zero attached hydrogens (tertiary/aromatic N) is 2. The summed E-state index contributed by atoms with van der Waals surface area (Å²) in [5, 5.41) is 14.1. The van der Waals surface area contributed by atoms with Crippen molar-refractivity contribution in [3.63, 3.8) is 0 Å². The second-order valence-electron chi connectivity index (χ2n) is 6.21. The van der Waals surface area contributed by atoms with Crippen LogP contribution in [0.5, 0.6) is 0 Å². The molecule has 5 nitrogen and oxygen atoms in total. The monoisotopic (exact) mass is 298 g/mol. The fourth-order valence-corrected chi connectivity index (χ4v) is 1.96. The van der Waals surface area contributed by atoms with E-state index in [9.17, 15) is 4.79 Å². The van der Waals surface area contributed by atoms with Crippen LogP contribution in [-0.2, 0) is 11.2 Å². The Morgan fingerprint density at radius 3 is 2.23 bits per heavy atom. The molecule has 0 aliphatic heterocycles. The van der Waals surface area contributed by atoms with E-state index in [1.807, 2.05) is 57.2 Å². The van der Waals surface area contributed by atoms with Gasteiger partial charge in [0.15, 0.2) is 5.82 Å². The van der Waals surface area contributed by atoms with E-state index < -0.39 is 0 Å². The van der Waals surface area contributed by atoms with Gasteiger partial charge in [-0.25, -0.2) is 0 Å². The first-order valence-electron chi connectivity index (χ1n) is 7.38. The fraction of sp³-hybridized carbons (Fsp3) is 0.353. The van der Waals surface area contributed by atoms with Crippen LogP contribution in [0.3, 0.4) is 0 Å². The van der Waals surface area contributed by atoms with Crippen molar-refractivity contribution in [2.45, 2.75) is 39.2 Å². The van der Waals surface area contributed by atoms with Gasteiger partial charge in [0.1, 0.15) is 5.82 Å². The number of hydrogen-bond donors (Lipinski definition) is 2. The van der Waals surface area contributed by atoms with Gasteiger partial charge in [0.2, 0.25) is 5.91 Å². The first-order valence-corrected chi connectivity index (χ1v) is 7.38. The Hall–Kier alpha value is -2.43. The molecule has 0 saturated heterocycles. The van der Waals surface area contributed by atoms with Crippen LogP contribution in [0.2, 0.25) is 0 Å². The third-order valence-corrected chi connectivity index (χ3v) is 2.92. The number of aryl methyl sites for hydroxylation is 1. The number of aromatic nitrogens is 2. The van der Waals surface area contributed by atoms with E-state index >= 15 is 0 Å². The number of rotatable bonds is 5. The minimum Gasteiger partial charge on any atom is -0.364 e. The number of anilines is 2. The molecule has 0 saturated carbocycles. The maximum atomic E-state index is 11.9. The largest absolute Gasteiger partial charge is 0.364 e. The SMILES string of the molecule is CC(C)(C)Nc1ccc(NC(=O)CCc2ccccc2)nn1. The van der Waals surface area contributed by atoms with Crippen LogP contribution in [0.1, 0.15) is 32.8 Å². The molecule has 0 bridgehead atoms.